The predicted octanol–water partition coefficient (Wildman–Crippen LogP) is 4.48. The molecule has 4 aromatic rings. The lowest BCUT2D eigenvalue weighted by molar-refractivity contribution is -0.120. The van der Waals surface area contributed by atoms with Crippen LogP contribution in [0.1, 0.15) is 11.1 Å². The van der Waals surface area contributed by atoms with Crippen LogP contribution in [-0.2, 0) is 11.2 Å². The highest BCUT2D eigenvalue weighted by Gasteiger charge is 2.13. The molecule has 0 saturated heterocycles. The summed E-state index contributed by atoms with van der Waals surface area (Å²) >= 11 is 5.86. The Hall–Kier alpha value is -3.64. The van der Waals surface area contributed by atoms with Crippen LogP contribution in [0.2, 0.25) is 5.02 Å². The van der Waals surface area contributed by atoms with Crippen molar-refractivity contribution in [2.24, 2.45) is 5.10 Å². The molecule has 1 N–H and O–H groups in total. The van der Waals surface area contributed by atoms with E-state index in [1.807, 2.05) is 54.7 Å². The number of carbonyl (C=O) groups excluding carboxylic acids is 1. The number of hydrogen-bond donors (Lipinski definition) is 1. The molecule has 0 fully saturated rings. The summed E-state index contributed by atoms with van der Waals surface area (Å²) in [5, 5.41) is 9.32. The molecule has 4 rings (SSSR count). The number of nitrogens with zero attached hydrogens (tertiary/aromatic N) is 3. The van der Waals surface area contributed by atoms with Crippen molar-refractivity contribution >= 4 is 23.7 Å². The lowest BCUT2D eigenvalue weighted by atomic mass is 10.1. The number of halogens is 1. The summed E-state index contributed by atoms with van der Waals surface area (Å²) < 4.78 is 7.23. The van der Waals surface area contributed by atoms with Gasteiger partial charge in [-0.15, -0.1) is 0 Å². The van der Waals surface area contributed by atoms with Crippen LogP contribution in [0, 0.1) is 0 Å². The maximum absolute atomic E-state index is 12.1. The van der Waals surface area contributed by atoms with E-state index in [-0.39, 0.29) is 12.3 Å². The molecule has 0 spiro atoms. The zero-order chi connectivity index (χ0) is 20.1. The smallest absolute Gasteiger partial charge is 0.244 e. The third-order valence-corrected chi connectivity index (χ3v) is 4.44. The van der Waals surface area contributed by atoms with Gasteiger partial charge in [-0.05, 0) is 42.0 Å². The van der Waals surface area contributed by atoms with Crippen LogP contribution in [0.3, 0.4) is 0 Å². The largest absolute Gasteiger partial charge is 0.463 e. The number of hydrogen-bond acceptors (Lipinski definition) is 4. The summed E-state index contributed by atoms with van der Waals surface area (Å²) in [5.74, 6) is 0.396. The summed E-state index contributed by atoms with van der Waals surface area (Å²) in [6.07, 6.45) is 5.20. The first-order chi connectivity index (χ1) is 14.2. The SMILES string of the molecule is O=C(Cc1ccc(Cl)cc1)N/N=C/c1cn(-c2ccccc2)nc1-c1ccco1. The topological polar surface area (TPSA) is 72.4 Å². The van der Waals surface area contributed by atoms with Crippen molar-refractivity contribution in [3.8, 4) is 17.1 Å². The fourth-order valence-corrected chi connectivity index (χ4v) is 2.93. The Balaban J connectivity index is 1.51. The Labute approximate surface area is 172 Å². The van der Waals surface area contributed by atoms with Gasteiger partial charge in [-0.3, -0.25) is 4.79 Å². The van der Waals surface area contributed by atoms with Crippen molar-refractivity contribution in [1.29, 1.82) is 0 Å². The molecular formula is C22H17ClN4O2. The summed E-state index contributed by atoms with van der Waals surface area (Å²) in [6, 6.07) is 20.5. The van der Waals surface area contributed by atoms with Gasteiger partial charge in [0.15, 0.2) is 5.76 Å². The molecule has 0 unspecified atom stereocenters. The summed E-state index contributed by atoms with van der Waals surface area (Å²) in [4.78, 5) is 12.1. The van der Waals surface area contributed by atoms with Gasteiger partial charge in [-0.2, -0.15) is 10.2 Å². The van der Waals surface area contributed by atoms with Crippen LogP contribution >= 0.6 is 11.6 Å². The highest BCUT2D eigenvalue weighted by molar-refractivity contribution is 6.30. The van der Waals surface area contributed by atoms with Crippen LogP contribution in [0.25, 0.3) is 17.1 Å². The van der Waals surface area contributed by atoms with E-state index in [1.165, 1.54) is 0 Å². The van der Waals surface area contributed by atoms with Gasteiger partial charge in [-0.25, -0.2) is 10.1 Å². The van der Waals surface area contributed by atoms with Crippen molar-refractivity contribution in [3.63, 3.8) is 0 Å². The van der Waals surface area contributed by atoms with Gasteiger partial charge >= 0.3 is 0 Å². The standard InChI is InChI=1S/C22H17ClN4O2/c23-18-10-8-16(9-11-18)13-21(28)25-24-14-17-15-27(19-5-2-1-3-6-19)26-22(17)20-7-4-12-29-20/h1-12,14-15H,13H2,(H,25,28)/b24-14+. The highest BCUT2D eigenvalue weighted by Crippen LogP contribution is 2.23. The van der Waals surface area contributed by atoms with Crippen LogP contribution in [0.5, 0.6) is 0 Å². The Kier molecular flexibility index (Phi) is 5.54. The zero-order valence-corrected chi connectivity index (χ0v) is 16.1. The van der Waals surface area contributed by atoms with Gasteiger partial charge in [0.1, 0.15) is 5.69 Å². The van der Waals surface area contributed by atoms with Crippen molar-refractivity contribution in [2.45, 2.75) is 6.42 Å². The number of aromatic nitrogens is 2. The van der Waals surface area contributed by atoms with Crippen LogP contribution in [0.15, 0.2) is 88.7 Å². The predicted molar refractivity (Wildman–Crippen MR) is 112 cm³/mol. The third-order valence-electron chi connectivity index (χ3n) is 4.19. The molecule has 2 heterocycles. The third kappa shape index (κ3) is 4.62. The first-order valence-electron chi connectivity index (χ1n) is 8.94. The number of hydrazone groups is 1. The Morgan fingerprint density at radius 3 is 2.62 bits per heavy atom. The maximum atomic E-state index is 12.1. The van der Waals surface area contributed by atoms with E-state index in [2.05, 4.69) is 15.6 Å². The van der Waals surface area contributed by atoms with Gasteiger partial charge in [0.2, 0.25) is 5.91 Å². The summed E-state index contributed by atoms with van der Waals surface area (Å²) in [6.45, 7) is 0. The second-order valence-corrected chi connectivity index (χ2v) is 6.72. The van der Waals surface area contributed by atoms with E-state index in [4.69, 9.17) is 16.0 Å². The molecule has 0 bridgehead atoms. The number of carbonyl (C=O) groups is 1. The normalized spacial score (nSPS) is 11.1. The number of amides is 1. The maximum Gasteiger partial charge on any atom is 0.244 e. The second kappa shape index (κ2) is 8.58. The van der Waals surface area contributed by atoms with Crippen LogP contribution in [-0.4, -0.2) is 21.9 Å². The van der Waals surface area contributed by atoms with E-state index in [9.17, 15) is 4.79 Å². The lowest BCUT2D eigenvalue weighted by Crippen LogP contribution is -2.19. The molecule has 2 aromatic carbocycles. The van der Waals surface area contributed by atoms with Crippen molar-refractivity contribution in [3.05, 3.63) is 95.3 Å². The van der Waals surface area contributed by atoms with Crippen molar-refractivity contribution in [1.82, 2.24) is 15.2 Å². The van der Waals surface area contributed by atoms with Gasteiger partial charge in [0.05, 0.1) is 24.6 Å². The molecule has 29 heavy (non-hydrogen) atoms. The Morgan fingerprint density at radius 1 is 1.10 bits per heavy atom. The average molecular weight is 405 g/mol. The lowest BCUT2D eigenvalue weighted by Gasteiger charge is -2.00. The van der Waals surface area contributed by atoms with Gasteiger partial charge in [-0.1, -0.05) is 41.9 Å². The minimum Gasteiger partial charge on any atom is -0.463 e. The van der Waals surface area contributed by atoms with E-state index < -0.39 is 0 Å². The molecule has 7 heteroatoms. The van der Waals surface area contributed by atoms with Crippen molar-refractivity contribution in [2.75, 3.05) is 0 Å². The van der Waals surface area contributed by atoms with Gasteiger partial charge < -0.3 is 4.42 Å². The van der Waals surface area contributed by atoms with Gasteiger partial charge in [0.25, 0.3) is 0 Å². The number of para-hydroxylation sites is 1. The minimum absolute atomic E-state index is 0.211. The molecule has 0 radical (unpaired) electrons. The molecule has 0 aliphatic heterocycles. The number of furan rings is 1. The molecule has 2 aromatic heterocycles. The quantitative estimate of drug-likeness (QED) is 0.380. The number of nitrogens with one attached hydrogen (secondary N) is 1. The molecule has 0 aliphatic rings. The first kappa shape index (κ1) is 18.7. The Morgan fingerprint density at radius 2 is 1.90 bits per heavy atom. The number of benzene rings is 2. The van der Waals surface area contributed by atoms with E-state index in [1.54, 1.807) is 35.4 Å². The van der Waals surface area contributed by atoms with E-state index in [0.29, 0.717) is 16.5 Å². The minimum atomic E-state index is -0.224. The zero-order valence-electron chi connectivity index (χ0n) is 15.3. The molecular weight excluding hydrogens is 388 g/mol. The number of rotatable bonds is 6. The second-order valence-electron chi connectivity index (χ2n) is 6.29. The fraction of sp³-hybridized carbons (Fsp3) is 0.0455. The van der Waals surface area contributed by atoms with E-state index in [0.717, 1.165) is 16.8 Å². The summed E-state index contributed by atoms with van der Waals surface area (Å²) in [7, 11) is 0. The molecule has 0 saturated carbocycles. The summed E-state index contributed by atoms with van der Waals surface area (Å²) in [5.41, 5.74) is 5.66. The van der Waals surface area contributed by atoms with Gasteiger partial charge in [0, 0.05) is 16.8 Å². The molecule has 0 aliphatic carbocycles. The Bertz CT molecular complexity index is 1120. The van der Waals surface area contributed by atoms with Crippen molar-refractivity contribution < 1.29 is 9.21 Å². The average Bonchev–Trinajstić information content (AvgIpc) is 3.40. The molecule has 1 amide bonds. The van der Waals surface area contributed by atoms with Crippen LogP contribution < -0.4 is 5.43 Å². The monoisotopic (exact) mass is 404 g/mol. The molecule has 0 atom stereocenters. The van der Waals surface area contributed by atoms with E-state index >= 15 is 0 Å². The molecule has 6 nitrogen and oxygen atoms in total. The highest BCUT2D eigenvalue weighted by atomic mass is 35.5. The fourth-order valence-electron chi connectivity index (χ4n) is 2.80. The molecule has 144 valence electrons. The first-order valence-corrected chi connectivity index (χ1v) is 9.32. The van der Waals surface area contributed by atoms with Crippen LogP contribution in [0.4, 0.5) is 0 Å².